The first kappa shape index (κ1) is 11.5. The summed E-state index contributed by atoms with van der Waals surface area (Å²) >= 11 is 0. The Morgan fingerprint density at radius 1 is 1.57 bits per heavy atom. The minimum atomic E-state index is -0.0185. The van der Waals surface area contributed by atoms with Gasteiger partial charge in [-0.3, -0.25) is 0 Å². The lowest BCUT2D eigenvalue weighted by atomic mass is 9.85. The Bertz CT molecular complexity index is 193. The van der Waals surface area contributed by atoms with Gasteiger partial charge < -0.3 is 10.2 Å². The second kappa shape index (κ2) is 6.00. The Hall–Kier alpha value is -0.590. The summed E-state index contributed by atoms with van der Waals surface area (Å²) in [5, 5.41) is 11.9. The first-order valence-electron chi connectivity index (χ1n) is 5.59. The van der Waals surface area contributed by atoms with Crippen molar-refractivity contribution in [3.8, 4) is 6.07 Å². The molecule has 1 aliphatic carbocycles. The molecule has 0 spiro atoms. The van der Waals surface area contributed by atoms with Crippen molar-refractivity contribution in [2.75, 3.05) is 26.7 Å². The van der Waals surface area contributed by atoms with E-state index in [9.17, 15) is 0 Å². The maximum Gasteiger partial charge on any atom is 0.108 e. The molecular weight excluding hydrogens is 174 g/mol. The number of nitriles is 1. The van der Waals surface area contributed by atoms with Crippen LogP contribution in [0.2, 0.25) is 0 Å². The SMILES string of the molecule is CCN(CC1CCC1)CC(C#N)NC. The fraction of sp³-hybridized carbons (Fsp3) is 0.909. The van der Waals surface area contributed by atoms with Gasteiger partial charge in [-0.25, -0.2) is 0 Å². The van der Waals surface area contributed by atoms with Crippen LogP contribution in [0.3, 0.4) is 0 Å². The van der Waals surface area contributed by atoms with Gasteiger partial charge in [0.1, 0.15) is 6.04 Å². The number of hydrogen-bond acceptors (Lipinski definition) is 3. The number of nitrogens with one attached hydrogen (secondary N) is 1. The van der Waals surface area contributed by atoms with Gasteiger partial charge in [0.25, 0.3) is 0 Å². The van der Waals surface area contributed by atoms with Crippen molar-refractivity contribution in [3.05, 3.63) is 0 Å². The zero-order valence-corrected chi connectivity index (χ0v) is 9.29. The predicted molar refractivity (Wildman–Crippen MR) is 57.9 cm³/mol. The molecule has 0 heterocycles. The molecular formula is C11H21N3. The summed E-state index contributed by atoms with van der Waals surface area (Å²) < 4.78 is 0. The molecule has 1 rings (SSSR count). The maximum absolute atomic E-state index is 8.84. The molecule has 0 aromatic carbocycles. The molecule has 1 saturated carbocycles. The Morgan fingerprint density at radius 2 is 2.29 bits per heavy atom. The summed E-state index contributed by atoms with van der Waals surface area (Å²) in [6, 6.07) is 2.25. The van der Waals surface area contributed by atoms with Gasteiger partial charge in [0.15, 0.2) is 0 Å². The Kier molecular flexibility index (Phi) is 4.92. The third kappa shape index (κ3) is 3.28. The normalized spacial score (nSPS) is 19.0. The average molecular weight is 195 g/mol. The summed E-state index contributed by atoms with van der Waals surface area (Å²) in [5.41, 5.74) is 0. The van der Waals surface area contributed by atoms with E-state index < -0.39 is 0 Å². The van der Waals surface area contributed by atoms with Crippen LogP contribution in [-0.2, 0) is 0 Å². The van der Waals surface area contributed by atoms with Gasteiger partial charge in [0.05, 0.1) is 6.07 Å². The van der Waals surface area contributed by atoms with Crippen LogP contribution in [0.25, 0.3) is 0 Å². The molecule has 1 atom stereocenters. The Balaban J connectivity index is 2.26. The molecule has 1 fully saturated rings. The van der Waals surface area contributed by atoms with Crippen LogP contribution in [0, 0.1) is 17.2 Å². The molecule has 1 aliphatic rings. The largest absolute Gasteiger partial charge is 0.304 e. The fourth-order valence-electron chi connectivity index (χ4n) is 1.83. The van der Waals surface area contributed by atoms with E-state index in [1.807, 2.05) is 7.05 Å². The summed E-state index contributed by atoms with van der Waals surface area (Å²) in [6.07, 6.45) is 4.16. The standard InChI is InChI=1S/C11H21N3/c1-3-14(8-10-5-4-6-10)9-11(7-12)13-2/h10-11,13H,3-6,8-9H2,1-2H3. The zero-order chi connectivity index (χ0) is 10.4. The van der Waals surface area contributed by atoms with E-state index in [-0.39, 0.29) is 6.04 Å². The van der Waals surface area contributed by atoms with Crippen molar-refractivity contribution in [1.82, 2.24) is 10.2 Å². The van der Waals surface area contributed by atoms with Crippen LogP contribution in [-0.4, -0.2) is 37.6 Å². The molecule has 3 heteroatoms. The molecule has 1 unspecified atom stereocenters. The minimum Gasteiger partial charge on any atom is -0.304 e. The van der Waals surface area contributed by atoms with E-state index in [4.69, 9.17) is 5.26 Å². The number of nitrogens with zero attached hydrogens (tertiary/aromatic N) is 2. The van der Waals surface area contributed by atoms with Crippen molar-refractivity contribution in [3.63, 3.8) is 0 Å². The van der Waals surface area contributed by atoms with E-state index in [2.05, 4.69) is 23.2 Å². The van der Waals surface area contributed by atoms with E-state index >= 15 is 0 Å². The quantitative estimate of drug-likeness (QED) is 0.692. The maximum atomic E-state index is 8.84. The van der Waals surface area contributed by atoms with E-state index in [0.717, 1.165) is 19.0 Å². The number of hydrogen-bond donors (Lipinski definition) is 1. The summed E-state index contributed by atoms with van der Waals surface area (Å²) in [5.74, 6) is 0.895. The molecule has 0 radical (unpaired) electrons. The highest BCUT2D eigenvalue weighted by atomic mass is 15.1. The third-order valence-corrected chi connectivity index (χ3v) is 3.13. The van der Waals surface area contributed by atoms with Gasteiger partial charge in [-0.2, -0.15) is 5.26 Å². The van der Waals surface area contributed by atoms with Crippen LogP contribution >= 0.6 is 0 Å². The van der Waals surface area contributed by atoms with Crippen LogP contribution in [0.5, 0.6) is 0 Å². The van der Waals surface area contributed by atoms with Crippen LogP contribution in [0.1, 0.15) is 26.2 Å². The zero-order valence-electron chi connectivity index (χ0n) is 9.29. The first-order valence-corrected chi connectivity index (χ1v) is 5.59. The lowest BCUT2D eigenvalue weighted by Crippen LogP contribution is -2.41. The monoisotopic (exact) mass is 195 g/mol. The number of rotatable bonds is 6. The summed E-state index contributed by atoms with van der Waals surface area (Å²) in [4.78, 5) is 2.38. The minimum absolute atomic E-state index is 0.0185. The molecule has 1 N–H and O–H groups in total. The fourth-order valence-corrected chi connectivity index (χ4v) is 1.83. The molecule has 0 bridgehead atoms. The van der Waals surface area contributed by atoms with Gasteiger partial charge in [0.2, 0.25) is 0 Å². The third-order valence-electron chi connectivity index (χ3n) is 3.13. The molecule has 0 saturated heterocycles. The first-order chi connectivity index (χ1) is 6.80. The molecule has 3 nitrogen and oxygen atoms in total. The van der Waals surface area contributed by atoms with Crippen LogP contribution < -0.4 is 5.32 Å². The van der Waals surface area contributed by atoms with E-state index in [1.54, 1.807) is 0 Å². The highest BCUT2D eigenvalue weighted by Crippen LogP contribution is 2.26. The molecule has 80 valence electrons. The molecule has 0 aromatic heterocycles. The van der Waals surface area contributed by atoms with Gasteiger partial charge in [-0.05, 0) is 32.4 Å². The van der Waals surface area contributed by atoms with Crippen molar-refractivity contribution in [2.24, 2.45) is 5.92 Å². The smallest absolute Gasteiger partial charge is 0.108 e. The Labute approximate surface area is 87.1 Å². The van der Waals surface area contributed by atoms with Crippen molar-refractivity contribution < 1.29 is 0 Å². The van der Waals surface area contributed by atoms with Gasteiger partial charge >= 0.3 is 0 Å². The van der Waals surface area contributed by atoms with Crippen molar-refractivity contribution in [2.45, 2.75) is 32.2 Å². The average Bonchev–Trinajstić information content (AvgIpc) is 2.16. The highest BCUT2D eigenvalue weighted by Gasteiger charge is 2.21. The van der Waals surface area contributed by atoms with E-state index in [1.165, 1.54) is 25.8 Å². The molecule has 0 aliphatic heterocycles. The van der Waals surface area contributed by atoms with Gasteiger partial charge in [0, 0.05) is 13.1 Å². The predicted octanol–water partition coefficient (Wildman–Crippen LogP) is 1.22. The number of likely N-dealkylation sites (N-methyl/N-ethyl adjacent to an activating group) is 2. The highest BCUT2D eigenvalue weighted by molar-refractivity contribution is 4.91. The lowest BCUT2D eigenvalue weighted by molar-refractivity contribution is 0.178. The molecule has 0 amide bonds. The molecule has 0 aromatic rings. The Morgan fingerprint density at radius 3 is 2.64 bits per heavy atom. The second-order valence-electron chi connectivity index (χ2n) is 4.12. The lowest BCUT2D eigenvalue weighted by Gasteiger charge is -2.32. The van der Waals surface area contributed by atoms with Gasteiger partial charge in [-0.1, -0.05) is 13.3 Å². The van der Waals surface area contributed by atoms with Crippen molar-refractivity contribution >= 4 is 0 Å². The van der Waals surface area contributed by atoms with Crippen LogP contribution in [0.4, 0.5) is 0 Å². The molecule has 14 heavy (non-hydrogen) atoms. The van der Waals surface area contributed by atoms with Crippen LogP contribution in [0.15, 0.2) is 0 Å². The van der Waals surface area contributed by atoms with Crippen molar-refractivity contribution in [1.29, 1.82) is 5.26 Å². The summed E-state index contributed by atoms with van der Waals surface area (Å²) in [7, 11) is 1.85. The summed E-state index contributed by atoms with van der Waals surface area (Å²) in [6.45, 7) is 5.26. The van der Waals surface area contributed by atoms with E-state index in [0.29, 0.717) is 0 Å². The van der Waals surface area contributed by atoms with Gasteiger partial charge in [-0.15, -0.1) is 0 Å². The second-order valence-corrected chi connectivity index (χ2v) is 4.12. The topological polar surface area (TPSA) is 39.1 Å².